The monoisotopic (exact) mass is 464 g/mol. The van der Waals surface area contributed by atoms with Crippen LogP contribution in [0.15, 0.2) is 71.8 Å². The summed E-state index contributed by atoms with van der Waals surface area (Å²) in [6, 6.07) is 22.9. The molecule has 0 N–H and O–H groups in total. The van der Waals surface area contributed by atoms with Gasteiger partial charge in [-0.05, 0) is 71.7 Å². The van der Waals surface area contributed by atoms with Gasteiger partial charge in [-0.1, -0.05) is 117 Å². The van der Waals surface area contributed by atoms with Crippen molar-refractivity contribution in [3.8, 4) is 0 Å². The molecule has 2 aromatic rings. The van der Waals surface area contributed by atoms with E-state index >= 15 is 0 Å². The van der Waals surface area contributed by atoms with Crippen LogP contribution in [0.1, 0.15) is 95.6 Å². The molecule has 0 spiro atoms. The fourth-order valence-corrected chi connectivity index (χ4v) is 14.1. The Morgan fingerprint density at radius 2 is 1.19 bits per heavy atom. The first-order valence-electron chi connectivity index (χ1n) is 12.8. The van der Waals surface area contributed by atoms with Crippen LogP contribution in [0.25, 0.3) is 0 Å². The van der Waals surface area contributed by atoms with Crippen LogP contribution in [0.5, 0.6) is 0 Å². The molecule has 4 rings (SSSR count). The molecular formula is C30H42P2. The Kier molecular flexibility index (Phi) is 7.96. The van der Waals surface area contributed by atoms with E-state index in [0.29, 0.717) is 11.3 Å². The van der Waals surface area contributed by atoms with Crippen LogP contribution in [-0.2, 0) is 0 Å². The molecule has 0 amide bonds. The highest BCUT2D eigenvalue weighted by atomic mass is 31.1. The average Bonchev–Trinajstić information content (AvgIpc) is 3.41. The minimum absolute atomic E-state index is 0.0384. The molecule has 2 heteroatoms. The Morgan fingerprint density at radius 1 is 0.750 bits per heavy atom. The standard InChI is InChI=1S/C30H42P2/c1-6-25-18-19-26(7-2)32(25)29(30(3,4)5)22-31-27(23-14-10-8-11-15-23)20-21-28(31)24-16-12-9-13-17-24/h8-17,22,25-28H,6-7,18-21H2,1-5H3/b29-22-/t25-,26-,27+,28+/m1/s1. The zero-order chi connectivity index (χ0) is 22.7. The fourth-order valence-electron chi connectivity index (χ4n) is 5.98. The predicted octanol–water partition coefficient (Wildman–Crippen LogP) is 10.5. The molecule has 0 saturated carbocycles. The molecule has 0 bridgehead atoms. The van der Waals surface area contributed by atoms with Gasteiger partial charge in [0.25, 0.3) is 0 Å². The summed E-state index contributed by atoms with van der Waals surface area (Å²) in [6.45, 7) is 12.4. The highest BCUT2D eigenvalue weighted by Crippen LogP contribution is 2.75. The number of hydrogen-bond donors (Lipinski definition) is 0. The molecule has 4 atom stereocenters. The van der Waals surface area contributed by atoms with Gasteiger partial charge in [-0.15, -0.1) is 0 Å². The fraction of sp³-hybridized carbons (Fsp3) is 0.533. The minimum atomic E-state index is -0.238. The van der Waals surface area contributed by atoms with Crippen LogP contribution in [0.4, 0.5) is 0 Å². The molecular weight excluding hydrogens is 422 g/mol. The van der Waals surface area contributed by atoms with E-state index in [0.717, 1.165) is 11.3 Å². The van der Waals surface area contributed by atoms with Gasteiger partial charge in [0.2, 0.25) is 0 Å². The van der Waals surface area contributed by atoms with Crippen LogP contribution in [0.2, 0.25) is 0 Å². The summed E-state index contributed by atoms with van der Waals surface area (Å²) in [4.78, 5) is 0. The maximum absolute atomic E-state index is 2.92. The van der Waals surface area contributed by atoms with Gasteiger partial charge in [-0.3, -0.25) is 0 Å². The lowest BCUT2D eigenvalue weighted by Crippen LogP contribution is -2.15. The van der Waals surface area contributed by atoms with Crippen molar-refractivity contribution in [2.75, 3.05) is 0 Å². The Hall–Kier alpha value is -0.960. The zero-order valence-corrected chi connectivity index (χ0v) is 22.6. The van der Waals surface area contributed by atoms with E-state index in [9.17, 15) is 0 Å². The summed E-state index contributed by atoms with van der Waals surface area (Å²) in [5, 5.41) is 1.86. The van der Waals surface area contributed by atoms with Crippen LogP contribution >= 0.6 is 15.8 Å². The molecule has 0 nitrogen and oxygen atoms in total. The Labute approximate surface area is 199 Å². The van der Waals surface area contributed by atoms with Crippen molar-refractivity contribution in [2.45, 2.75) is 95.8 Å². The highest BCUT2D eigenvalue weighted by Gasteiger charge is 2.42. The van der Waals surface area contributed by atoms with Crippen molar-refractivity contribution in [1.29, 1.82) is 0 Å². The molecule has 0 unspecified atom stereocenters. The molecule has 0 aromatic heterocycles. The molecule has 2 saturated heterocycles. The van der Waals surface area contributed by atoms with Gasteiger partial charge in [-0.2, -0.15) is 0 Å². The summed E-state index contributed by atoms with van der Waals surface area (Å²) >= 11 is 0. The van der Waals surface area contributed by atoms with Gasteiger partial charge in [0, 0.05) is 11.3 Å². The maximum atomic E-state index is 2.92. The van der Waals surface area contributed by atoms with E-state index in [2.05, 4.69) is 101 Å². The van der Waals surface area contributed by atoms with Crippen molar-refractivity contribution in [1.82, 2.24) is 0 Å². The average molecular weight is 465 g/mol. The molecule has 2 fully saturated rings. The van der Waals surface area contributed by atoms with Crippen molar-refractivity contribution < 1.29 is 0 Å². The second-order valence-corrected chi connectivity index (χ2v) is 15.9. The van der Waals surface area contributed by atoms with Gasteiger partial charge in [-0.25, -0.2) is 0 Å². The topological polar surface area (TPSA) is 0 Å². The largest absolute Gasteiger partial charge is 0.0728 e. The first-order chi connectivity index (χ1) is 15.4. The van der Waals surface area contributed by atoms with Crippen molar-refractivity contribution in [2.24, 2.45) is 5.41 Å². The van der Waals surface area contributed by atoms with Gasteiger partial charge < -0.3 is 0 Å². The van der Waals surface area contributed by atoms with Gasteiger partial charge in [0.15, 0.2) is 0 Å². The lowest BCUT2D eigenvalue weighted by atomic mass is 9.97. The van der Waals surface area contributed by atoms with Gasteiger partial charge >= 0.3 is 0 Å². The second-order valence-electron chi connectivity index (χ2n) is 10.8. The molecule has 2 aliphatic heterocycles. The lowest BCUT2D eigenvalue weighted by molar-refractivity contribution is 0.530. The summed E-state index contributed by atoms with van der Waals surface area (Å²) < 4.78 is 0. The smallest absolute Gasteiger partial charge is 0.00822 e. The summed E-state index contributed by atoms with van der Waals surface area (Å²) in [7, 11) is -0.277. The third-order valence-electron chi connectivity index (χ3n) is 7.68. The third kappa shape index (κ3) is 5.08. The van der Waals surface area contributed by atoms with E-state index in [1.165, 1.54) is 38.5 Å². The van der Waals surface area contributed by atoms with E-state index < -0.39 is 0 Å². The third-order valence-corrected chi connectivity index (χ3v) is 15.2. The van der Waals surface area contributed by atoms with Gasteiger partial charge in [0.05, 0.1) is 0 Å². The first-order valence-corrected chi connectivity index (χ1v) is 15.8. The number of allylic oxidation sites excluding steroid dienone is 1. The van der Waals surface area contributed by atoms with E-state index in [1.54, 1.807) is 11.1 Å². The molecule has 172 valence electrons. The Balaban J connectivity index is 1.80. The van der Waals surface area contributed by atoms with Crippen LogP contribution in [-0.4, -0.2) is 11.3 Å². The molecule has 0 aliphatic carbocycles. The normalized spacial score (nSPS) is 27.8. The molecule has 2 aromatic carbocycles. The zero-order valence-electron chi connectivity index (χ0n) is 20.8. The Morgan fingerprint density at radius 3 is 1.56 bits per heavy atom. The van der Waals surface area contributed by atoms with Gasteiger partial charge in [0.1, 0.15) is 0 Å². The van der Waals surface area contributed by atoms with E-state index in [4.69, 9.17) is 0 Å². The molecule has 2 heterocycles. The highest BCUT2D eigenvalue weighted by molar-refractivity contribution is 7.67. The quantitative estimate of drug-likeness (QED) is 0.373. The van der Waals surface area contributed by atoms with E-state index in [-0.39, 0.29) is 21.3 Å². The van der Waals surface area contributed by atoms with Crippen molar-refractivity contribution in [3.63, 3.8) is 0 Å². The van der Waals surface area contributed by atoms with E-state index in [1.807, 2.05) is 5.31 Å². The second kappa shape index (κ2) is 10.5. The minimum Gasteiger partial charge on any atom is -0.0728 e. The van der Waals surface area contributed by atoms with Crippen LogP contribution < -0.4 is 0 Å². The maximum Gasteiger partial charge on any atom is 0.00822 e. The van der Waals surface area contributed by atoms with Crippen LogP contribution in [0, 0.1) is 5.41 Å². The SMILES string of the molecule is CC[C@@H]1CC[C@@H](CC)P1/C(=C\P1[C@H](c2ccccc2)CC[C@H]1c1ccccc1)C(C)(C)C. The van der Waals surface area contributed by atoms with Crippen molar-refractivity contribution in [3.05, 3.63) is 82.9 Å². The first kappa shape index (κ1) is 24.2. The molecule has 2 aliphatic rings. The summed E-state index contributed by atoms with van der Waals surface area (Å²) in [5.41, 5.74) is 6.68. The van der Waals surface area contributed by atoms with Crippen LogP contribution in [0.3, 0.4) is 0 Å². The predicted molar refractivity (Wildman–Crippen MR) is 146 cm³/mol. The Bertz CT molecular complexity index is 821. The van der Waals surface area contributed by atoms with Crippen molar-refractivity contribution >= 4 is 15.8 Å². The molecule has 32 heavy (non-hydrogen) atoms. The number of rotatable bonds is 6. The molecule has 0 radical (unpaired) electrons. The summed E-state index contributed by atoms with van der Waals surface area (Å²) in [5.74, 6) is 2.92. The number of benzene rings is 2. The lowest BCUT2D eigenvalue weighted by Gasteiger charge is -2.37. The number of hydrogen-bond acceptors (Lipinski definition) is 0. The summed E-state index contributed by atoms with van der Waals surface area (Å²) in [6.07, 6.45) is 8.28.